The fourth-order valence-corrected chi connectivity index (χ4v) is 2.01. The Kier molecular flexibility index (Phi) is 4.56. The van der Waals surface area contributed by atoms with Gasteiger partial charge >= 0.3 is 0 Å². The highest BCUT2D eigenvalue weighted by molar-refractivity contribution is 5.65. The van der Waals surface area contributed by atoms with Crippen molar-refractivity contribution in [3.63, 3.8) is 0 Å². The van der Waals surface area contributed by atoms with Crippen LogP contribution in [0.4, 0.5) is 0 Å². The summed E-state index contributed by atoms with van der Waals surface area (Å²) in [6.07, 6.45) is 0.169. The predicted molar refractivity (Wildman–Crippen MR) is 86.9 cm³/mol. The first-order valence-corrected chi connectivity index (χ1v) is 7.31. The molecule has 0 aliphatic rings. The largest absolute Gasteiger partial charge is 0.491 e. The number of ether oxygens (including phenoxy) is 2. The minimum atomic E-state index is -0.182. The van der Waals surface area contributed by atoms with E-state index in [9.17, 15) is 0 Å². The molecular weight excluding hydrogens is 260 g/mol. The third-order valence-corrected chi connectivity index (χ3v) is 2.73. The number of benzene rings is 2. The van der Waals surface area contributed by atoms with Crippen LogP contribution in [-0.2, 0) is 0 Å². The Morgan fingerprint density at radius 1 is 0.952 bits per heavy atom. The second kappa shape index (κ2) is 6.21. The quantitative estimate of drug-likeness (QED) is 0.775. The first kappa shape index (κ1) is 15.4. The summed E-state index contributed by atoms with van der Waals surface area (Å²) in [6.45, 7) is 10.2. The van der Waals surface area contributed by atoms with Gasteiger partial charge in [-0.1, -0.05) is 18.2 Å². The lowest BCUT2D eigenvalue weighted by molar-refractivity contribution is 0.131. The average molecular weight is 283 g/mol. The highest BCUT2D eigenvalue weighted by Gasteiger charge is 2.11. The topological polar surface area (TPSA) is 18.5 Å². The Morgan fingerprint density at radius 3 is 2.19 bits per heavy atom. The van der Waals surface area contributed by atoms with Crippen LogP contribution in [0.2, 0.25) is 0 Å². The molecule has 2 aromatic carbocycles. The van der Waals surface area contributed by atoms with Crippen LogP contribution >= 0.6 is 0 Å². The van der Waals surface area contributed by atoms with E-state index < -0.39 is 0 Å². The Labute approximate surface area is 127 Å². The summed E-state index contributed by atoms with van der Waals surface area (Å²) in [5.41, 5.74) is 1.94. The summed E-state index contributed by atoms with van der Waals surface area (Å²) >= 11 is 0. The van der Waals surface area contributed by atoms with Crippen molar-refractivity contribution >= 4 is 0 Å². The van der Waals surface area contributed by atoms with Crippen molar-refractivity contribution in [1.82, 2.24) is 0 Å². The monoisotopic (exact) mass is 283 g/mol. The van der Waals surface area contributed by atoms with Crippen molar-refractivity contribution in [2.24, 2.45) is 0 Å². The van der Waals surface area contributed by atoms with Gasteiger partial charge in [0.2, 0.25) is 0 Å². The van der Waals surface area contributed by atoms with E-state index in [-0.39, 0.29) is 11.7 Å². The Balaban J connectivity index is 2.18. The fourth-order valence-electron chi connectivity index (χ4n) is 2.01. The fraction of sp³-hybridized carbons (Fsp3) is 0.368. The van der Waals surface area contributed by atoms with Crippen LogP contribution in [-0.4, -0.2) is 11.7 Å². The zero-order valence-electron chi connectivity index (χ0n) is 13.4. The van der Waals surface area contributed by atoms with Crippen LogP contribution in [0.1, 0.15) is 34.6 Å². The van der Waals surface area contributed by atoms with Crippen molar-refractivity contribution in [2.45, 2.75) is 46.3 Å². The van der Waals surface area contributed by atoms with E-state index in [2.05, 4.69) is 6.07 Å². The van der Waals surface area contributed by atoms with E-state index in [1.165, 1.54) is 0 Å². The molecule has 0 spiro atoms. The molecule has 2 aromatic rings. The molecule has 0 atom stereocenters. The second-order valence-corrected chi connectivity index (χ2v) is 6.34. The van der Waals surface area contributed by atoms with E-state index in [1.807, 2.05) is 77.1 Å². The minimum Gasteiger partial charge on any atom is -0.491 e. The van der Waals surface area contributed by atoms with E-state index in [0.717, 1.165) is 22.6 Å². The average Bonchev–Trinajstić information content (AvgIpc) is 2.37. The molecule has 21 heavy (non-hydrogen) atoms. The van der Waals surface area contributed by atoms with Crippen molar-refractivity contribution in [1.29, 1.82) is 0 Å². The van der Waals surface area contributed by atoms with Crippen molar-refractivity contribution in [2.75, 3.05) is 0 Å². The summed E-state index contributed by atoms with van der Waals surface area (Å²) in [7, 11) is 0. The molecule has 2 heteroatoms. The molecule has 0 heterocycles. The molecular formula is C19H23O2. The molecule has 2 nitrogen and oxygen atoms in total. The molecule has 2 rings (SSSR count). The molecule has 0 aliphatic carbocycles. The van der Waals surface area contributed by atoms with Gasteiger partial charge in [-0.25, -0.2) is 0 Å². The van der Waals surface area contributed by atoms with Crippen molar-refractivity contribution in [3.05, 3.63) is 48.5 Å². The van der Waals surface area contributed by atoms with Gasteiger partial charge in [-0.2, -0.15) is 0 Å². The molecule has 0 saturated heterocycles. The summed E-state index contributed by atoms with van der Waals surface area (Å²) in [4.78, 5) is 0. The van der Waals surface area contributed by atoms with E-state index >= 15 is 0 Å². The van der Waals surface area contributed by atoms with Crippen molar-refractivity contribution < 1.29 is 9.47 Å². The molecule has 0 bridgehead atoms. The molecule has 0 unspecified atom stereocenters. The summed E-state index contributed by atoms with van der Waals surface area (Å²) in [6, 6.07) is 17.2. The van der Waals surface area contributed by atoms with Gasteiger partial charge in [-0.3, -0.25) is 0 Å². The maximum Gasteiger partial charge on any atom is 0.120 e. The molecule has 0 aromatic heterocycles. The van der Waals surface area contributed by atoms with Crippen LogP contribution in [0.3, 0.4) is 0 Å². The normalized spacial score (nSPS) is 11.5. The SMILES string of the molecule is CC(C)Oc1cc[c]c(-c2ccc(OC(C)(C)C)cc2)c1. The standard InChI is InChI=1S/C19H23O2/c1-14(2)20-18-8-6-7-16(13-18)15-9-11-17(12-10-15)21-19(3,4)5/h6,8-14H,1-5H3. The van der Waals surface area contributed by atoms with Gasteiger partial charge in [0.25, 0.3) is 0 Å². The van der Waals surface area contributed by atoms with Crippen molar-refractivity contribution in [3.8, 4) is 22.6 Å². The molecule has 0 N–H and O–H groups in total. The van der Waals surface area contributed by atoms with Gasteiger partial charge in [0, 0.05) is 0 Å². The number of hydrogen-bond acceptors (Lipinski definition) is 2. The maximum atomic E-state index is 5.83. The molecule has 0 amide bonds. The van der Waals surface area contributed by atoms with Crippen LogP contribution < -0.4 is 9.47 Å². The van der Waals surface area contributed by atoms with E-state index in [4.69, 9.17) is 9.47 Å². The van der Waals surface area contributed by atoms with E-state index in [0.29, 0.717) is 0 Å². The van der Waals surface area contributed by atoms with Gasteiger partial charge in [0.15, 0.2) is 0 Å². The first-order chi connectivity index (χ1) is 9.83. The van der Waals surface area contributed by atoms with E-state index in [1.54, 1.807) is 0 Å². The predicted octanol–water partition coefficient (Wildman–Crippen LogP) is 5.12. The number of hydrogen-bond donors (Lipinski definition) is 0. The molecule has 0 aliphatic heterocycles. The highest BCUT2D eigenvalue weighted by atomic mass is 16.5. The number of rotatable bonds is 4. The lowest BCUT2D eigenvalue weighted by Gasteiger charge is -2.21. The van der Waals surface area contributed by atoms with Gasteiger partial charge in [-0.15, -0.1) is 0 Å². The van der Waals surface area contributed by atoms with Gasteiger partial charge in [-0.05, 0) is 76.1 Å². The van der Waals surface area contributed by atoms with Crippen LogP contribution in [0.15, 0.2) is 42.5 Å². The Bertz CT molecular complexity index is 577. The lowest BCUT2D eigenvalue weighted by atomic mass is 10.1. The second-order valence-electron chi connectivity index (χ2n) is 6.34. The summed E-state index contributed by atoms with van der Waals surface area (Å²) in [5, 5.41) is 0. The Morgan fingerprint density at radius 2 is 1.62 bits per heavy atom. The molecule has 111 valence electrons. The molecule has 0 fully saturated rings. The highest BCUT2D eigenvalue weighted by Crippen LogP contribution is 2.27. The smallest absolute Gasteiger partial charge is 0.120 e. The third-order valence-electron chi connectivity index (χ3n) is 2.73. The summed E-state index contributed by atoms with van der Waals surface area (Å²) < 4.78 is 11.6. The molecule has 1 radical (unpaired) electrons. The minimum absolute atomic E-state index is 0.169. The molecule has 0 saturated carbocycles. The zero-order valence-corrected chi connectivity index (χ0v) is 13.4. The van der Waals surface area contributed by atoms with Crippen LogP contribution in [0.25, 0.3) is 11.1 Å². The van der Waals surface area contributed by atoms with Crippen LogP contribution in [0.5, 0.6) is 11.5 Å². The Hall–Kier alpha value is -1.96. The zero-order chi connectivity index (χ0) is 15.5. The van der Waals surface area contributed by atoms with Gasteiger partial charge in [0.05, 0.1) is 6.10 Å². The summed E-state index contributed by atoms with van der Waals surface area (Å²) in [5.74, 6) is 1.75. The maximum absolute atomic E-state index is 5.83. The third kappa shape index (κ3) is 4.82. The lowest BCUT2D eigenvalue weighted by Crippen LogP contribution is -2.22. The van der Waals surface area contributed by atoms with Gasteiger partial charge < -0.3 is 9.47 Å². The van der Waals surface area contributed by atoms with Crippen LogP contribution in [0, 0.1) is 6.07 Å². The first-order valence-electron chi connectivity index (χ1n) is 7.31. The van der Waals surface area contributed by atoms with Gasteiger partial charge in [0.1, 0.15) is 17.1 Å².